The van der Waals surface area contributed by atoms with Gasteiger partial charge in [-0.15, -0.1) is 0 Å². The average molecular weight is 320 g/mol. The van der Waals surface area contributed by atoms with Crippen molar-refractivity contribution in [1.29, 1.82) is 0 Å². The summed E-state index contributed by atoms with van der Waals surface area (Å²) in [5, 5.41) is 18.5. The van der Waals surface area contributed by atoms with Crippen molar-refractivity contribution >= 4 is 28.6 Å². The van der Waals surface area contributed by atoms with Gasteiger partial charge in [-0.05, 0) is 6.42 Å². The molecule has 0 aromatic carbocycles. The molecule has 8 nitrogen and oxygen atoms in total. The quantitative estimate of drug-likeness (QED) is 0.624. The van der Waals surface area contributed by atoms with E-state index in [1.54, 1.807) is 0 Å². The summed E-state index contributed by atoms with van der Waals surface area (Å²) in [6.07, 6.45) is -2.13. The van der Waals surface area contributed by atoms with E-state index in [1.807, 2.05) is 0 Å². The summed E-state index contributed by atoms with van der Waals surface area (Å²) < 4.78 is 20.8. The van der Waals surface area contributed by atoms with Gasteiger partial charge in [0.25, 0.3) is 0 Å². The number of nitrogens with zero attached hydrogens (tertiary/aromatic N) is 4. The zero-order chi connectivity index (χ0) is 15.4. The molecule has 21 heavy (non-hydrogen) atoms. The van der Waals surface area contributed by atoms with Gasteiger partial charge >= 0.3 is 0 Å². The molecule has 0 aliphatic heterocycles. The topological polar surface area (TPSA) is 119 Å². The fourth-order valence-electron chi connectivity index (χ4n) is 1.93. The SMILES string of the molecule is Nc1ncnc2c1ncn2[C@H](OCCl)[C@H](F)[C@H](O)CCO. The molecule has 10 heteroatoms. The number of hydrogen-bond acceptors (Lipinski definition) is 7. The number of nitrogen functional groups attached to an aromatic ring is 1. The lowest BCUT2D eigenvalue weighted by Gasteiger charge is -2.25. The monoisotopic (exact) mass is 319 g/mol. The van der Waals surface area contributed by atoms with Gasteiger partial charge in [0.05, 0.1) is 12.4 Å². The first-order valence-corrected chi connectivity index (χ1v) is 6.67. The van der Waals surface area contributed by atoms with Gasteiger partial charge < -0.3 is 20.7 Å². The Balaban J connectivity index is 2.38. The largest absolute Gasteiger partial charge is 0.396 e. The maximum Gasteiger partial charge on any atom is 0.172 e. The summed E-state index contributed by atoms with van der Waals surface area (Å²) in [4.78, 5) is 11.8. The minimum Gasteiger partial charge on any atom is -0.396 e. The van der Waals surface area contributed by atoms with E-state index < -0.39 is 18.5 Å². The van der Waals surface area contributed by atoms with Crippen LogP contribution in [0.2, 0.25) is 0 Å². The lowest BCUT2D eigenvalue weighted by Crippen LogP contribution is -2.34. The molecule has 2 aromatic rings. The van der Waals surface area contributed by atoms with Crippen LogP contribution in [-0.2, 0) is 4.74 Å². The smallest absolute Gasteiger partial charge is 0.172 e. The second-order valence-electron chi connectivity index (χ2n) is 4.27. The van der Waals surface area contributed by atoms with Crippen LogP contribution in [0.5, 0.6) is 0 Å². The maximum absolute atomic E-state index is 14.4. The summed E-state index contributed by atoms with van der Waals surface area (Å²) in [5.74, 6) is 0.148. The van der Waals surface area contributed by atoms with E-state index in [1.165, 1.54) is 17.2 Å². The van der Waals surface area contributed by atoms with Crippen molar-refractivity contribution in [2.75, 3.05) is 18.4 Å². The number of anilines is 1. The number of imidazole rings is 1. The molecular formula is C11H15ClFN5O3. The minimum atomic E-state index is -1.83. The van der Waals surface area contributed by atoms with Crippen molar-refractivity contribution < 1.29 is 19.3 Å². The zero-order valence-corrected chi connectivity index (χ0v) is 11.7. The molecule has 0 aliphatic carbocycles. The van der Waals surface area contributed by atoms with Crippen molar-refractivity contribution in [1.82, 2.24) is 19.5 Å². The van der Waals surface area contributed by atoms with Crippen LogP contribution in [0.15, 0.2) is 12.7 Å². The Labute approximate surface area is 124 Å². The van der Waals surface area contributed by atoms with Gasteiger partial charge in [-0.1, -0.05) is 11.6 Å². The predicted molar refractivity (Wildman–Crippen MR) is 73.2 cm³/mol. The van der Waals surface area contributed by atoms with Crippen LogP contribution in [0.4, 0.5) is 10.2 Å². The van der Waals surface area contributed by atoms with Gasteiger partial charge in [0.1, 0.15) is 17.9 Å². The first-order chi connectivity index (χ1) is 10.1. The zero-order valence-electron chi connectivity index (χ0n) is 10.9. The van der Waals surface area contributed by atoms with Gasteiger partial charge in [-0.2, -0.15) is 0 Å². The number of aliphatic hydroxyl groups excluding tert-OH is 2. The number of halogens is 2. The number of nitrogens with two attached hydrogens (primary N) is 1. The molecule has 0 bridgehead atoms. The Morgan fingerprint density at radius 3 is 2.86 bits per heavy atom. The van der Waals surface area contributed by atoms with Gasteiger partial charge in [-0.3, -0.25) is 4.57 Å². The molecule has 4 N–H and O–H groups in total. The van der Waals surface area contributed by atoms with Crippen LogP contribution in [-0.4, -0.2) is 54.7 Å². The molecule has 0 fully saturated rings. The molecule has 116 valence electrons. The summed E-state index contributed by atoms with van der Waals surface area (Å²) in [6.45, 7) is -0.352. The third-order valence-corrected chi connectivity index (χ3v) is 3.09. The van der Waals surface area contributed by atoms with Crippen LogP contribution in [0.25, 0.3) is 11.2 Å². The number of alkyl halides is 2. The van der Waals surface area contributed by atoms with Crippen LogP contribution in [0.1, 0.15) is 12.6 Å². The first-order valence-electron chi connectivity index (χ1n) is 6.13. The van der Waals surface area contributed by atoms with E-state index in [0.29, 0.717) is 5.52 Å². The van der Waals surface area contributed by atoms with Gasteiger partial charge in [0, 0.05) is 6.61 Å². The molecule has 2 rings (SSSR count). The van der Waals surface area contributed by atoms with Crippen LogP contribution in [0, 0.1) is 0 Å². The van der Waals surface area contributed by atoms with E-state index in [0.717, 1.165) is 0 Å². The van der Waals surface area contributed by atoms with Gasteiger partial charge in [0.15, 0.2) is 23.9 Å². The average Bonchev–Trinajstić information content (AvgIpc) is 2.89. The molecule has 2 heterocycles. The fourth-order valence-corrected chi connectivity index (χ4v) is 2.06. The summed E-state index contributed by atoms with van der Waals surface area (Å²) in [7, 11) is 0. The van der Waals surface area contributed by atoms with Gasteiger partial charge in [-0.25, -0.2) is 19.3 Å². The van der Waals surface area contributed by atoms with E-state index in [2.05, 4.69) is 15.0 Å². The second kappa shape index (κ2) is 6.94. The molecule has 0 saturated carbocycles. The van der Waals surface area contributed by atoms with Crippen LogP contribution < -0.4 is 5.73 Å². The van der Waals surface area contributed by atoms with Crippen LogP contribution >= 0.6 is 11.6 Å². The molecule has 3 atom stereocenters. The molecule has 0 radical (unpaired) electrons. The number of aliphatic hydroxyl groups is 2. The normalized spacial score (nSPS) is 16.0. The highest BCUT2D eigenvalue weighted by Gasteiger charge is 2.31. The molecule has 0 amide bonds. The van der Waals surface area contributed by atoms with Gasteiger partial charge in [0.2, 0.25) is 0 Å². The third-order valence-electron chi connectivity index (χ3n) is 2.96. The highest BCUT2D eigenvalue weighted by molar-refractivity contribution is 6.17. The first kappa shape index (κ1) is 15.8. The Hall–Kier alpha value is -1.55. The molecule has 0 spiro atoms. The Bertz CT molecular complexity index is 598. The fraction of sp³-hybridized carbons (Fsp3) is 0.545. The molecule has 0 saturated heterocycles. The summed E-state index contributed by atoms with van der Waals surface area (Å²) in [5.41, 5.74) is 6.21. The molecular weight excluding hydrogens is 305 g/mol. The highest BCUT2D eigenvalue weighted by Crippen LogP contribution is 2.26. The molecule has 0 aliphatic rings. The van der Waals surface area contributed by atoms with E-state index >= 15 is 0 Å². The Morgan fingerprint density at radius 1 is 1.43 bits per heavy atom. The van der Waals surface area contributed by atoms with E-state index in [4.69, 9.17) is 27.2 Å². The highest BCUT2D eigenvalue weighted by atomic mass is 35.5. The lowest BCUT2D eigenvalue weighted by atomic mass is 10.1. The van der Waals surface area contributed by atoms with E-state index in [9.17, 15) is 9.50 Å². The summed E-state index contributed by atoms with van der Waals surface area (Å²) >= 11 is 5.51. The number of hydrogen-bond donors (Lipinski definition) is 3. The number of rotatable bonds is 7. The standard InChI is InChI=1S/C11H15ClFN5O3/c12-3-21-11(7(13)6(20)1-2-19)18-5-17-8-9(14)15-4-16-10(8)18/h4-7,11,19-20H,1-3H2,(H2,14,15,16)/t6-,7-,11-/m1/s1. The lowest BCUT2D eigenvalue weighted by molar-refractivity contribution is -0.0801. The number of fused-ring (bicyclic) bond motifs is 1. The maximum atomic E-state index is 14.4. The minimum absolute atomic E-state index is 0.132. The number of ether oxygens (including phenoxy) is 1. The third kappa shape index (κ3) is 3.21. The molecule has 0 unspecified atom stereocenters. The van der Waals surface area contributed by atoms with Crippen molar-refractivity contribution in [3.05, 3.63) is 12.7 Å². The summed E-state index contributed by atoms with van der Waals surface area (Å²) in [6, 6.07) is -0.294. The number of aromatic nitrogens is 4. The van der Waals surface area contributed by atoms with Crippen molar-refractivity contribution in [2.45, 2.75) is 24.9 Å². The van der Waals surface area contributed by atoms with Crippen molar-refractivity contribution in [2.24, 2.45) is 0 Å². The Morgan fingerprint density at radius 2 is 2.19 bits per heavy atom. The van der Waals surface area contributed by atoms with E-state index in [-0.39, 0.29) is 30.6 Å². The molecule has 2 aromatic heterocycles. The van der Waals surface area contributed by atoms with Crippen LogP contribution in [0.3, 0.4) is 0 Å². The van der Waals surface area contributed by atoms with Crippen molar-refractivity contribution in [3.63, 3.8) is 0 Å². The van der Waals surface area contributed by atoms with Crippen molar-refractivity contribution in [3.8, 4) is 0 Å². The predicted octanol–water partition coefficient (Wildman–Crippen LogP) is 0.201. The Kier molecular flexibility index (Phi) is 5.23. The second-order valence-corrected chi connectivity index (χ2v) is 4.49.